The molecule has 1 aromatic heterocycles. The van der Waals surface area contributed by atoms with Gasteiger partial charge in [-0.1, -0.05) is 36.4 Å². The van der Waals surface area contributed by atoms with E-state index in [0.717, 1.165) is 0 Å². The van der Waals surface area contributed by atoms with Gasteiger partial charge in [-0.2, -0.15) is 0 Å². The lowest BCUT2D eigenvalue weighted by molar-refractivity contribution is -0.137. The number of amides is 2. The second-order valence-corrected chi connectivity index (χ2v) is 13.1. The highest BCUT2D eigenvalue weighted by Crippen LogP contribution is 2.27. The Morgan fingerprint density at radius 1 is 0.756 bits per heavy atom. The van der Waals surface area contributed by atoms with Crippen LogP contribution in [0.1, 0.15) is 23.6 Å². The Hall–Kier alpha value is -4.55. The van der Waals surface area contributed by atoms with Gasteiger partial charge in [0.1, 0.15) is 0 Å². The van der Waals surface area contributed by atoms with Crippen LogP contribution in [0.5, 0.6) is 0 Å². The number of carbonyl (C=O) groups excluding carboxylic acids is 1. The SMILES string of the molecule is O=C(O)CC(CS(=O)(=O)c1ccc(S(=O)(=O)c2ccc(NC(=O)NCc3ccccn3)cc2)cc1)c1ccccc1. The molecule has 3 aromatic carbocycles. The molecule has 0 aliphatic heterocycles. The minimum Gasteiger partial charge on any atom is -0.481 e. The topological polar surface area (TPSA) is 160 Å². The highest BCUT2D eigenvalue weighted by Gasteiger charge is 2.26. The summed E-state index contributed by atoms with van der Waals surface area (Å²) >= 11 is 0. The van der Waals surface area contributed by atoms with Gasteiger partial charge in [0.15, 0.2) is 9.84 Å². The number of hydrogen-bond donors (Lipinski definition) is 3. The van der Waals surface area contributed by atoms with Crippen molar-refractivity contribution in [3.63, 3.8) is 0 Å². The van der Waals surface area contributed by atoms with Crippen LogP contribution in [-0.4, -0.2) is 44.7 Å². The number of nitrogens with zero attached hydrogens (tertiary/aromatic N) is 1. The third kappa shape index (κ3) is 7.77. The monoisotopic (exact) mass is 593 g/mol. The summed E-state index contributed by atoms with van der Waals surface area (Å²) in [5.41, 5.74) is 1.64. The van der Waals surface area contributed by atoms with E-state index in [-0.39, 0.29) is 27.7 Å². The van der Waals surface area contributed by atoms with E-state index in [9.17, 15) is 31.5 Å². The Balaban J connectivity index is 1.43. The highest BCUT2D eigenvalue weighted by atomic mass is 32.2. The van der Waals surface area contributed by atoms with Gasteiger partial charge < -0.3 is 15.7 Å². The Kier molecular flexibility index (Phi) is 9.15. The van der Waals surface area contributed by atoms with Crippen molar-refractivity contribution in [2.45, 2.75) is 33.6 Å². The summed E-state index contributed by atoms with van der Waals surface area (Å²) in [4.78, 5) is 27.4. The number of sulfone groups is 2. The maximum absolute atomic E-state index is 13.2. The number of anilines is 1. The van der Waals surface area contributed by atoms with Crippen LogP contribution < -0.4 is 10.6 Å². The van der Waals surface area contributed by atoms with Crippen LogP contribution in [0.15, 0.2) is 118 Å². The molecule has 10 nitrogen and oxygen atoms in total. The number of pyridine rings is 1. The summed E-state index contributed by atoms with van der Waals surface area (Å²) in [5, 5.41) is 14.6. The van der Waals surface area contributed by atoms with Crippen LogP contribution in [0.25, 0.3) is 0 Å². The predicted octanol–water partition coefficient (Wildman–Crippen LogP) is 4.27. The predicted molar refractivity (Wildman–Crippen MR) is 152 cm³/mol. The Morgan fingerprint density at radius 3 is 1.93 bits per heavy atom. The van der Waals surface area contributed by atoms with E-state index >= 15 is 0 Å². The lowest BCUT2D eigenvalue weighted by Crippen LogP contribution is -2.28. The average Bonchev–Trinajstić information content (AvgIpc) is 2.97. The van der Waals surface area contributed by atoms with Gasteiger partial charge in [0.2, 0.25) is 9.84 Å². The summed E-state index contributed by atoms with van der Waals surface area (Å²) in [5.74, 6) is -2.34. The lowest BCUT2D eigenvalue weighted by atomic mass is 9.98. The molecule has 3 N–H and O–H groups in total. The molecule has 2 amide bonds. The molecule has 212 valence electrons. The van der Waals surface area contributed by atoms with Crippen LogP contribution in [-0.2, 0) is 31.0 Å². The van der Waals surface area contributed by atoms with Crippen LogP contribution >= 0.6 is 0 Å². The zero-order valence-electron chi connectivity index (χ0n) is 21.7. The Bertz CT molecular complexity index is 1710. The minimum atomic E-state index is -3.98. The number of rotatable bonds is 11. The fourth-order valence-corrected chi connectivity index (χ4v) is 6.94. The Morgan fingerprint density at radius 2 is 1.34 bits per heavy atom. The molecule has 4 aromatic rings. The number of urea groups is 1. The molecule has 0 bridgehead atoms. The van der Waals surface area contributed by atoms with Gasteiger partial charge in [-0.15, -0.1) is 0 Å². The van der Waals surface area contributed by atoms with E-state index in [0.29, 0.717) is 16.9 Å². The number of nitrogens with one attached hydrogen (secondary N) is 2. The summed E-state index contributed by atoms with van der Waals surface area (Å²) < 4.78 is 52.5. The maximum atomic E-state index is 13.2. The number of aliphatic carboxylic acids is 1. The van der Waals surface area contributed by atoms with Crippen molar-refractivity contribution in [1.29, 1.82) is 0 Å². The number of aromatic nitrogens is 1. The molecule has 0 saturated carbocycles. The first-order chi connectivity index (χ1) is 19.5. The lowest BCUT2D eigenvalue weighted by Gasteiger charge is -2.16. The molecule has 41 heavy (non-hydrogen) atoms. The molecule has 12 heteroatoms. The van der Waals surface area contributed by atoms with Crippen molar-refractivity contribution in [3.05, 3.63) is 115 Å². The number of carboxylic acid groups (broad SMARTS) is 1. The van der Waals surface area contributed by atoms with Crippen LogP contribution in [0, 0.1) is 0 Å². The van der Waals surface area contributed by atoms with E-state index in [1.54, 1.807) is 54.7 Å². The first-order valence-corrected chi connectivity index (χ1v) is 15.6. The molecule has 1 heterocycles. The number of carboxylic acids is 1. The second-order valence-electron chi connectivity index (χ2n) is 9.11. The van der Waals surface area contributed by atoms with E-state index in [2.05, 4.69) is 15.6 Å². The first-order valence-electron chi connectivity index (χ1n) is 12.4. The average molecular weight is 594 g/mol. The maximum Gasteiger partial charge on any atom is 0.319 e. The molecule has 0 aliphatic carbocycles. The molecule has 0 aliphatic rings. The standard InChI is InChI=1S/C29H27N3O7S2/c33-28(34)18-22(21-6-2-1-3-7-21)20-40(36,37)25-13-15-27(16-14-25)41(38,39)26-11-9-23(10-12-26)32-29(35)31-19-24-8-4-5-17-30-24/h1-17,22H,18-20H2,(H,33,34)(H2,31,32,35). The fraction of sp³-hybridized carbons (Fsp3) is 0.138. The Labute approximate surface area is 237 Å². The molecule has 4 rings (SSSR count). The highest BCUT2D eigenvalue weighted by molar-refractivity contribution is 7.92. The van der Waals surface area contributed by atoms with Gasteiger partial charge in [0.05, 0.1) is 39.1 Å². The molecular weight excluding hydrogens is 566 g/mol. The summed E-state index contributed by atoms with van der Waals surface area (Å²) in [6, 6.07) is 23.7. The summed E-state index contributed by atoms with van der Waals surface area (Å²) in [6.07, 6.45) is 1.25. The fourth-order valence-electron chi connectivity index (χ4n) is 4.10. The van der Waals surface area contributed by atoms with E-state index in [4.69, 9.17) is 0 Å². The van der Waals surface area contributed by atoms with Crippen molar-refractivity contribution in [1.82, 2.24) is 10.3 Å². The summed E-state index contributed by atoms with van der Waals surface area (Å²) in [6.45, 7) is 0.220. The van der Waals surface area contributed by atoms with Crippen LogP contribution in [0.2, 0.25) is 0 Å². The van der Waals surface area contributed by atoms with Gasteiger partial charge in [-0.3, -0.25) is 9.78 Å². The van der Waals surface area contributed by atoms with Crippen molar-refractivity contribution >= 4 is 37.4 Å². The number of hydrogen-bond acceptors (Lipinski definition) is 7. The normalized spacial score (nSPS) is 12.3. The van der Waals surface area contributed by atoms with Gasteiger partial charge in [-0.05, 0) is 66.2 Å². The van der Waals surface area contributed by atoms with Crippen LogP contribution in [0.4, 0.5) is 10.5 Å². The molecule has 0 radical (unpaired) electrons. The van der Waals surface area contributed by atoms with E-state index in [1.165, 1.54) is 48.5 Å². The van der Waals surface area contributed by atoms with Crippen molar-refractivity contribution in [2.75, 3.05) is 11.1 Å². The van der Waals surface area contributed by atoms with Crippen molar-refractivity contribution in [3.8, 4) is 0 Å². The molecule has 0 saturated heterocycles. The van der Waals surface area contributed by atoms with E-state index < -0.39 is 43.3 Å². The number of benzene rings is 3. The van der Waals surface area contributed by atoms with Gasteiger partial charge in [-0.25, -0.2) is 21.6 Å². The molecular formula is C29H27N3O7S2. The molecule has 0 fully saturated rings. The zero-order valence-corrected chi connectivity index (χ0v) is 23.3. The molecule has 1 atom stereocenters. The minimum absolute atomic E-state index is 0.0434. The molecule has 0 spiro atoms. The van der Waals surface area contributed by atoms with E-state index in [1.807, 2.05) is 0 Å². The third-order valence-corrected chi connectivity index (χ3v) is 9.80. The van der Waals surface area contributed by atoms with Gasteiger partial charge in [0, 0.05) is 17.8 Å². The largest absolute Gasteiger partial charge is 0.481 e. The third-order valence-electron chi connectivity index (χ3n) is 6.18. The zero-order chi connectivity index (χ0) is 29.5. The van der Waals surface area contributed by atoms with Crippen molar-refractivity contribution < 1.29 is 31.5 Å². The summed E-state index contributed by atoms with van der Waals surface area (Å²) in [7, 11) is -7.91. The van der Waals surface area contributed by atoms with Gasteiger partial charge >= 0.3 is 12.0 Å². The second kappa shape index (κ2) is 12.7. The quantitative estimate of drug-likeness (QED) is 0.232. The first kappa shape index (κ1) is 29.4. The van der Waals surface area contributed by atoms with Gasteiger partial charge in [0.25, 0.3) is 0 Å². The van der Waals surface area contributed by atoms with Crippen molar-refractivity contribution in [2.24, 2.45) is 0 Å². The van der Waals surface area contributed by atoms with Crippen LogP contribution in [0.3, 0.4) is 0 Å². The molecule has 1 unspecified atom stereocenters. The number of carbonyl (C=O) groups is 2. The smallest absolute Gasteiger partial charge is 0.319 e.